The molecule has 0 saturated carbocycles. The lowest BCUT2D eigenvalue weighted by Crippen LogP contribution is -2.08. The largest absolute Gasteiger partial charge is 0.496 e. The van der Waals surface area contributed by atoms with Crippen LogP contribution in [-0.4, -0.2) is 50.2 Å². The summed E-state index contributed by atoms with van der Waals surface area (Å²) in [6.45, 7) is 4.11. The quantitative estimate of drug-likeness (QED) is 0.234. The summed E-state index contributed by atoms with van der Waals surface area (Å²) in [5.74, 6) is 1.40. The highest BCUT2D eigenvalue weighted by molar-refractivity contribution is 7.86. The molecular weight excluding hydrogens is 532 g/mol. The maximum Gasteiger partial charge on any atom is 0.306 e. The number of allylic oxidation sites excluding steroid dienone is 1. The molecule has 3 rings (SSSR count). The molecule has 0 aliphatic rings. The molecule has 0 aliphatic carbocycles. The number of hydrogen-bond donors (Lipinski definition) is 0. The Balaban J connectivity index is 2.07. The van der Waals surface area contributed by atoms with Gasteiger partial charge < -0.3 is 22.6 Å². The van der Waals surface area contributed by atoms with Crippen LogP contribution in [0.5, 0.6) is 28.7 Å². The summed E-state index contributed by atoms with van der Waals surface area (Å²) in [6.07, 6.45) is 3.80. The number of benzene rings is 3. The predicted octanol–water partition coefficient (Wildman–Crippen LogP) is 5.06. The second-order valence-corrected chi connectivity index (χ2v) is 11.8. The maximum atomic E-state index is 11.9. The fourth-order valence-electron chi connectivity index (χ4n) is 3.55. The molecule has 0 unspecified atom stereocenters. The van der Waals surface area contributed by atoms with Crippen molar-refractivity contribution in [3.8, 4) is 51.0 Å². The third kappa shape index (κ3) is 7.90. The summed E-state index contributed by atoms with van der Waals surface area (Å²) in [7, 11) is -4.45. The molecule has 0 amide bonds. The van der Waals surface area contributed by atoms with Gasteiger partial charge in [-0.1, -0.05) is 23.8 Å². The Kier molecular flexibility index (Phi) is 8.95. The van der Waals surface area contributed by atoms with Gasteiger partial charge in [0.1, 0.15) is 23.9 Å². The van der Waals surface area contributed by atoms with E-state index in [1.54, 1.807) is 54.6 Å². The zero-order chi connectivity index (χ0) is 28.1. The van der Waals surface area contributed by atoms with E-state index < -0.39 is 20.2 Å². The summed E-state index contributed by atoms with van der Waals surface area (Å²) in [5.41, 5.74) is 3.71. The second-order valence-electron chi connectivity index (χ2n) is 8.61. The fraction of sp³-hybridized carbons (Fsp3) is 0.259. The van der Waals surface area contributed by atoms with Crippen LogP contribution in [0.2, 0.25) is 0 Å². The zero-order valence-electron chi connectivity index (χ0n) is 22.0. The lowest BCUT2D eigenvalue weighted by molar-refractivity contribution is 0.347. The van der Waals surface area contributed by atoms with Crippen molar-refractivity contribution < 1.29 is 39.4 Å². The summed E-state index contributed by atoms with van der Waals surface area (Å²) < 4.78 is 73.9. The molecule has 0 atom stereocenters. The molecule has 38 heavy (non-hydrogen) atoms. The van der Waals surface area contributed by atoms with Crippen molar-refractivity contribution in [3.63, 3.8) is 0 Å². The monoisotopic (exact) mass is 562 g/mol. The normalized spacial score (nSPS) is 11.4. The van der Waals surface area contributed by atoms with Crippen molar-refractivity contribution in [2.24, 2.45) is 0 Å². The lowest BCUT2D eigenvalue weighted by atomic mass is 9.97. The SMILES string of the molecule is COc1cc(-c2ccc(OS(C)(=O)=O)cc2)cc(OC)c1-c1ccc(OCC=C(C)C)c(OS(C)(=O)=O)c1. The average molecular weight is 563 g/mol. The molecule has 0 heterocycles. The Morgan fingerprint density at radius 1 is 0.684 bits per heavy atom. The summed E-state index contributed by atoms with van der Waals surface area (Å²) >= 11 is 0. The molecular formula is C27H30O9S2. The Morgan fingerprint density at radius 2 is 1.21 bits per heavy atom. The number of rotatable bonds is 11. The zero-order valence-corrected chi connectivity index (χ0v) is 23.6. The molecule has 0 aromatic heterocycles. The van der Waals surface area contributed by atoms with Gasteiger partial charge in [0.15, 0.2) is 11.5 Å². The molecule has 9 nitrogen and oxygen atoms in total. The molecule has 0 N–H and O–H groups in total. The number of hydrogen-bond acceptors (Lipinski definition) is 9. The fourth-order valence-corrected chi connectivity index (χ4v) is 4.47. The molecule has 0 fully saturated rings. The smallest absolute Gasteiger partial charge is 0.306 e. The Labute approximate surface area is 223 Å². The van der Waals surface area contributed by atoms with Crippen LogP contribution in [0, 0.1) is 0 Å². The van der Waals surface area contributed by atoms with E-state index in [-0.39, 0.29) is 23.9 Å². The van der Waals surface area contributed by atoms with Crippen LogP contribution in [0.4, 0.5) is 0 Å². The first kappa shape index (κ1) is 28.9. The molecule has 0 bridgehead atoms. The predicted molar refractivity (Wildman–Crippen MR) is 146 cm³/mol. The minimum absolute atomic E-state index is 0.0294. The highest BCUT2D eigenvalue weighted by atomic mass is 32.2. The van der Waals surface area contributed by atoms with Crippen molar-refractivity contribution in [1.29, 1.82) is 0 Å². The summed E-state index contributed by atoms with van der Waals surface area (Å²) in [5, 5.41) is 0. The van der Waals surface area contributed by atoms with Crippen LogP contribution in [0.1, 0.15) is 13.8 Å². The first-order valence-electron chi connectivity index (χ1n) is 11.4. The topological polar surface area (TPSA) is 114 Å². The van der Waals surface area contributed by atoms with E-state index in [0.29, 0.717) is 22.6 Å². The van der Waals surface area contributed by atoms with E-state index in [1.165, 1.54) is 14.2 Å². The van der Waals surface area contributed by atoms with Crippen molar-refractivity contribution >= 4 is 20.2 Å². The van der Waals surface area contributed by atoms with E-state index in [0.717, 1.165) is 29.2 Å². The molecule has 0 spiro atoms. The highest BCUT2D eigenvalue weighted by Gasteiger charge is 2.20. The minimum Gasteiger partial charge on any atom is -0.496 e. The average Bonchev–Trinajstić information content (AvgIpc) is 2.82. The van der Waals surface area contributed by atoms with Crippen LogP contribution < -0.4 is 22.6 Å². The summed E-state index contributed by atoms with van der Waals surface area (Å²) in [4.78, 5) is 0. The standard InChI is InChI=1S/C27H30O9S2/c1-18(2)13-14-34-23-12-9-20(15-24(23)36-38(6,30)31)27-25(32-3)16-21(17-26(27)33-4)19-7-10-22(11-8-19)35-37(5,28)29/h7-13,15-17H,14H2,1-6H3. The van der Waals surface area contributed by atoms with Gasteiger partial charge in [0, 0.05) is 0 Å². The van der Waals surface area contributed by atoms with E-state index in [1.807, 2.05) is 19.9 Å². The van der Waals surface area contributed by atoms with Crippen molar-refractivity contribution in [3.05, 3.63) is 66.2 Å². The molecule has 0 aliphatic heterocycles. The van der Waals surface area contributed by atoms with E-state index in [9.17, 15) is 16.8 Å². The molecule has 11 heteroatoms. The van der Waals surface area contributed by atoms with Crippen molar-refractivity contribution in [2.75, 3.05) is 33.3 Å². The van der Waals surface area contributed by atoms with Crippen LogP contribution >= 0.6 is 0 Å². The Hall–Kier alpha value is -3.70. The van der Waals surface area contributed by atoms with Crippen LogP contribution in [0.15, 0.2) is 66.2 Å². The molecule has 204 valence electrons. The van der Waals surface area contributed by atoms with Gasteiger partial charge >= 0.3 is 20.2 Å². The minimum atomic E-state index is -3.83. The van der Waals surface area contributed by atoms with Crippen molar-refractivity contribution in [1.82, 2.24) is 0 Å². The first-order chi connectivity index (χ1) is 17.8. The number of ether oxygens (including phenoxy) is 3. The number of methoxy groups -OCH3 is 2. The van der Waals surface area contributed by atoms with Gasteiger partial charge in [-0.25, -0.2) is 0 Å². The molecule has 3 aromatic rings. The molecule has 0 saturated heterocycles. The Morgan fingerprint density at radius 3 is 1.71 bits per heavy atom. The maximum absolute atomic E-state index is 11.9. The lowest BCUT2D eigenvalue weighted by Gasteiger charge is -2.18. The van der Waals surface area contributed by atoms with E-state index >= 15 is 0 Å². The van der Waals surface area contributed by atoms with Crippen LogP contribution in [0.3, 0.4) is 0 Å². The third-order valence-electron chi connectivity index (χ3n) is 5.15. The van der Waals surface area contributed by atoms with Gasteiger partial charge in [0.25, 0.3) is 0 Å². The van der Waals surface area contributed by atoms with E-state index in [4.69, 9.17) is 22.6 Å². The van der Waals surface area contributed by atoms with Gasteiger partial charge in [0.2, 0.25) is 0 Å². The van der Waals surface area contributed by atoms with Crippen LogP contribution in [-0.2, 0) is 20.2 Å². The first-order valence-corrected chi connectivity index (χ1v) is 15.0. The van der Waals surface area contributed by atoms with Gasteiger partial charge in [-0.15, -0.1) is 0 Å². The summed E-state index contributed by atoms with van der Waals surface area (Å²) in [6, 6.07) is 15.0. The van der Waals surface area contributed by atoms with Gasteiger partial charge in [-0.05, 0) is 73.0 Å². The highest BCUT2D eigenvalue weighted by Crippen LogP contribution is 2.44. The van der Waals surface area contributed by atoms with Crippen LogP contribution in [0.25, 0.3) is 22.3 Å². The molecule has 3 aromatic carbocycles. The Bertz CT molecular complexity index is 1510. The third-order valence-corrected chi connectivity index (χ3v) is 6.12. The van der Waals surface area contributed by atoms with Gasteiger partial charge in [-0.2, -0.15) is 16.8 Å². The van der Waals surface area contributed by atoms with Gasteiger partial charge in [-0.3, -0.25) is 0 Å². The van der Waals surface area contributed by atoms with Crippen molar-refractivity contribution in [2.45, 2.75) is 13.8 Å². The second kappa shape index (κ2) is 11.8. The van der Waals surface area contributed by atoms with Gasteiger partial charge in [0.05, 0.1) is 32.3 Å². The van der Waals surface area contributed by atoms with E-state index in [2.05, 4.69) is 0 Å². The molecule has 0 radical (unpaired) electrons.